The van der Waals surface area contributed by atoms with Crippen LogP contribution in [0.15, 0.2) is 54.3 Å². The molecule has 2 aromatic rings. The van der Waals surface area contributed by atoms with Crippen LogP contribution in [0.3, 0.4) is 0 Å². The molecule has 0 amide bonds. The van der Waals surface area contributed by atoms with Gasteiger partial charge in [0.15, 0.2) is 29.3 Å². The molecular formula is C25H19F10NO3. The van der Waals surface area contributed by atoms with Crippen molar-refractivity contribution in [3.63, 3.8) is 0 Å². The number of halogens is 10. The Labute approximate surface area is 214 Å². The fourth-order valence-corrected chi connectivity index (χ4v) is 4.37. The molecule has 0 bridgehead atoms. The first-order valence-corrected chi connectivity index (χ1v) is 11.3. The molecule has 1 N–H and O–H groups in total. The highest BCUT2D eigenvalue weighted by molar-refractivity contribution is 5.80. The Morgan fingerprint density at radius 2 is 1.72 bits per heavy atom. The third-order valence-corrected chi connectivity index (χ3v) is 6.22. The second kappa shape index (κ2) is 10.6. The molecule has 1 aliphatic heterocycles. The first kappa shape index (κ1) is 28.6. The van der Waals surface area contributed by atoms with Crippen molar-refractivity contribution in [2.24, 2.45) is 5.92 Å². The highest BCUT2D eigenvalue weighted by Gasteiger charge is 2.46. The standard InChI is InChI=1S/C25H19F10NO3/c26-16-8-13(9-17(27)21(16)28)15-5-2-6-18-22(15)38-11-19(36(18)10-20(37)24(31,32)33)12-3-1-4-14(7-12)39-25(34,35)23(29)30/h1-2,4-9,12,19-20,23,37H,3,10-11H2/t12?,19-,20+/m1/s1. The van der Waals surface area contributed by atoms with Crippen molar-refractivity contribution < 1.29 is 58.5 Å². The van der Waals surface area contributed by atoms with Crippen molar-refractivity contribution in [3.05, 3.63) is 71.8 Å². The van der Waals surface area contributed by atoms with Gasteiger partial charge in [-0.15, -0.1) is 0 Å². The van der Waals surface area contributed by atoms with Gasteiger partial charge in [-0.25, -0.2) is 13.2 Å². The number of hydrogen-bond donors (Lipinski definition) is 1. The molecule has 212 valence electrons. The van der Waals surface area contributed by atoms with E-state index in [1.807, 2.05) is 0 Å². The number of aliphatic hydroxyl groups is 1. The molecule has 4 rings (SSSR count). The Morgan fingerprint density at radius 1 is 1.05 bits per heavy atom. The first-order valence-electron chi connectivity index (χ1n) is 11.3. The summed E-state index contributed by atoms with van der Waals surface area (Å²) in [5.74, 6) is -6.46. The Hall–Kier alpha value is -3.42. The fourth-order valence-electron chi connectivity index (χ4n) is 4.37. The lowest BCUT2D eigenvalue weighted by Crippen LogP contribution is -2.52. The third-order valence-electron chi connectivity index (χ3n) is 6.22. The monoisotopic (exact) mass is 571 g/mol. The number of rotatable bonds is 7. The van der Waals surface area contributed by atoms with Crippen LogP contribution in [-0.4, -0.2) is 49.1 Å². The predicted molar refractivity (Wildman–Crippen MR) is 118 cm³/mol. The van der Waals surface area contributed by atoms with Crippen LogP contribution in [0, 0.1) is 23.4 Å². The van der Waals surface area contributed by atoms with Crippen LogP contribution >= 0.6 is 0 Å². The molecule has 0 fully saturated rings. The number of allylic oxidation sites excluding steroid dienone is 2. The third kappa shape index (κ3) is 5.94. The largest absolute Gasteiger partial charge is 0.489 e. The quantitative estimate of drug-likeness (QED) is 0.301. The highest BCUT2D eigenvalue weighted by Crippen LogP contribution is 2.45. The number of alkyl halides is 7. The van der Waals surface area contributed by atoms with Crippen molar-refractivity contribution >= 4 is 5.69 Å². The highest BCUT2D eigenvalue weighted by atomic mass is 19.4. The number of nitrogens with zero attached hydrogens (tertiary/aromatic N) is 1. The second-order valence-corrected chi connectivity index (χ2v) is 8.83. The van der Waals surface area contributed by atoms with E-state index in [1.54, 1.807) is 0 Å². The van der Waals surface area contributed by atoms with Crippen molar-refractivity contribution in [2.45, 2.75) is 37.3 Å². The van der Waals surface area contributed by atoms with E-state index in [0.29, 0.717) is 12.1 Å². The van der Waals surface area contributed by atoms with Crippen LogP contribution in [0.5, 0.6) is 5.75 Å². The first-order chi connectivity index (χ1) is 18.2. The summed E-state index contributed by atoms with van der Waals surface area (Å²) < 4.78 is 143. The number of anilines is 1. The van der Waals surface area contributed by atoms with Gasteiger partial charge in [0.1, 0.15) is 12.4 Å². The molecular weight excluding hydrogens is 552 g/mol. The van der Waals surface area contributed by atoms with Gasteiger partial charge in [0.2, 0.25) is 0 Å². The van der Waals surface area contributed by atoms with Crippen LogP contribution in [0.2, 0.25) is 0 Å². The summed E-state index contributed by atoms with van der Waals surface area (Å²) in [4.78, 5) is 1.08. The molecule has 0 aromatic heterocycles. The van der Waals surface area contributed by atoms with Crippen molar-refractivity contribution in [2.75, 3.05) is 18.1 Å². The zero-order valence-electron chi connectivity index (χ0n) is 19.5. The smallest absolute Gasteiger partial charge is 0.461 e. The lowest BCUT2D eigenvalue weighted by atomic mass is 9.89. The minimum absolute atomic E-state index is 0.00470. The van der Waals surface area contributed by atoms with E-state index < -0.39 is 73.1 Å². The molecule has 39 heavy (non-hydrogen) atoms. The van der Waals surface area contributed by atoms with Crippen molar-refractivity contribution in [1.29, 1.82) is 0 Å². The van der Waals surface area contributed by atoms with Crippen LogP contribution in [0.4, 0.5) is 49.6 Å². The molecule has 0 spiro atoms. The predicted octanol–water partition coefficient (Wildman–Crippen LogP) is 6.60. The minimum Gasteiger partial charge on any atom is -0.489 e. The summed E-state index contributed by atoms with van der Waals surface area (Å²) in [5, 5.41) is 9.85. The van der Waals surface area contributed by atoms with Gasteiger partial charge in [-0.3, -0.25) is 0 Å². The maximum absolute atomic E-state index is 13.9. The summed E-state index contributed by atoms with van der Waals surface area (Å²) in [6.07, 6.45) is -13.5. The van der Waals surface area contributed by atoms with Gasteiger partial charge in [0, 0.05) is 11.5 Å². The molecule has 1 unspecified atom stereocenters. The van der Waals surface area contributed by atoms with E-state index in [9.17, 15) is 49.0 Å². The van der Waals surface area contributed by atoms with E-state index in [1.165, 1.54) is 24.3 Å². The van der Waals surface area contributed by atoms with Gasteiger partial charge in [0.05, 0.1) is 18.3 Å². The lowest BCUT2D eigenvalue weighted by molar-refractivity contribution is -0.280. The molecule has 3 atom stereocenters. The maximum Gasteiger partial charge on any atom is 0.461 e. The van der Waals surface area contributed by atoms with Crippen LogP contribution in [0.1, 0.15) is 6.42 Å². The number of aliphatic hydroxyl groups excluding tert-OH is 1. The molecule has 1 heterocycles. The molecule has 14 heteroatoms. The number of ether oxygens (including phenoxy) is 2. The molecule has 0 radical (unpaired) electrons. The van der Waals surface area contributed by atoms with E-state index in [4.69, 9.17) is 4.74 Å². The number of para-hydroxylation sites is 1. The number of benzene rings is 2. The topological polar surface area (TPSA) is 41.9 Å². The molecule has 0 saturated carbocycles. The van der Waals surface area contributed by atoms with Gasteiger partial charge in [-0.05, 0) is 42.3 Å². The second-order valence-electron chi connectivity index (χ2n) is 8.83. The normalized spacial score (nSPS) is 20.4. The van der Waals surface area contributed by atoms with Crippen molar-refractivity contribution in [1.82, 2.24) is 0 Å². The fraction of sp³-hybridized carbons (Fsp3) is 0.360. The Bertz CT molecular complexity index is 1250. The number of hydrogen-bond acceptors (Lipinski definition) is 4. The lowest BCUT2D eigenvalue weighted by Gasteiger charge is -2.43. The summed E-state index contributed by atoms with van der Waals surface area (Å²) in [7, 11) is 0. The Kier molecular flexibility index (Phi) is 7.79. The van der Waals surface area contributed by atoms with Crippen LogP contribution in [0.25, 0.3) is 11.1 Å². The molecule has 2 aromatic carbocycles. The molecule has 4 nitrogen and oxygen atoms in total. The van der Waals surface area contributed by atoms with Crippen LogP contribution < -0.4 is 9.64 Å². The molecule has 2 aliphatic rings. The summed E-state index contributed by atoms with van der Waals surface area (Å²) in [5.41, 5.74) is -0.251. The average molecular weight is 571 g/mol. The van der Waals surface area contributed by atoms with E-state index in [0.717, 1.165) is 17.1 Å². The summed E-state index contributed by atoms with van der Waals surface area (Å²) >= 11 is 0. The van der Waals surface area contributed by atoms with Gasteiger partial charge in [-0.2, -0.15) is 30.7 Å². The summed E-state index contributed by atoms with van der Waals surface area (Å²) in [6, 6.07) is 4.22. The van der Waals surface area contributed by atoms with E-state index in [2.05, 4.69) is 4.74 Å². The molecule has 0 saturated heterocycles. The maximum atomic E-state index is 13.9. The average Bonchev–Trinajstić information content (AvgIpc) is 2.86. The SMILES string of the molecule is O[C@@H](CN1c2cccc(-c3cc(F)c(F)c(F)c3)c2OC[C@@H]1C1C=C(OC(F)(F)C(F)F)C=CC1)C(F)(F)F. The number of fused-ring (bicyclic) bond motifs is 1. The zero-order valence-corrected chi connectivity index (χ0v) is 19.5. The van der Waals surface area contributed by atoms with Gasteiger partial charge in [0.25, 0.3) is 0 Å². The van der Waals surface area contributed by atoms with E-state index in [-0.39, 0.29) is 29.0 Å². The Morgan fingerprint density at radius 3 is 2.33 bits per heavy atom. The Balaban J connectivity index is 1.75. The number of β-amino-alcohol motifs (C(OH)–C–C–N with tert-alkyl or cyclic N) is 1. The van der Waals surface area contributed by atoms with E-state index >= 15 is 0 Å². The summed E-state index contributed by atoms with van der Waals surface area (Å²) in [6.45, 7) is -1.47. The van der Waals surface area contributed by atoms with Gasteiger partial charge < -0.3 is 19.5 Å². The van der Waals surface area contributed by atoms with Crippen molar-refractivity contribution in [3.8, 4) is 16.9 Å². The molecule has 1 aliphatic carbocycles. The van der Waals surface area contributed by atoms with Gasteiger partial charge in [-0.1, -0.05) is 18.2 Å². The zero-order chi connectivity index (χ0) is 28.7. The van der Waals surface area contributed by atoms with Gasteiger partial charge >= 0.3 is 18.7 Å². The van der Waals surface area contributed by atoms with Crippen LogP contribution in [-0.2, 0) is 4.74 Å². The minimum atomic E-state index is -5.06.